The first kappa shape index (κ1) is 10.3. The van der Waals surface area contributed by atoms with Crippen LogP contribution in [0.1, 0.15) is 11.3 Å². The predicted octanol–water partition coefficient (Wildman–Crippen LogP) is 1.50. The molecule has 0 aliphatic carbocycles. The summed E-state index contributed by atoms with van der Waals surface area (Å²) in [6.45, 7) is 0.275. The molecule has 0 fully saturated rings. The van der Waals surface area contributed by atoms with E-state index in [4.69, 9.17) is 11.6 Å². The summed E-state index contributed by atoms with van der Waals surface area (Å²) in [7, 11) is 0. The number of rotatable bonds is 1. The van der Waals surface area contributed by atoms with Crippen LogP contribution in [-0.4, -0.2) is 4.98 Å². The van der Waals surface area contributed by atoms with Gasteiger partial charge in [0, 0.05) is 6.20 Å². The fourth-order valence-corrected chi connectivity index (χ4v) is 1.07. The van der Waals surface area contributed by atoms with Crippen LogP contribution in [0.15, 0.2) is 12.3 Å². The van der Waals surface area contributed by atoms with E-state index in [2.05, 4.69) is 10.7 Å². The molecule has 0 spiro atoms. The molecule has 2 nitrogen and oxygen atoms in total. The molecule has 0 saturated heterocycles. The van der Waals surface area contributed by atoms with Gasteiger partial charge in [-0.3, -0.25) is 4.98 Å². The van der Waals surface area contributed by atoms with Gasteiger partial charge < -0.3 is 5.73 Å². The van der Waals surface area contributed by atoms with Gasteiger partial charge in [0.1, 0.15) is 12.2 Å². The number of alkyl halides is 3. The van der Waals surface area contributed by atoms with E-state index in [-0.39, 0.29) is 11.6 Å². The molecule has 0 saturated carbocycles. The Balaban J connectivity index is 3.10. The van der Waals surface area contributed by atoms with Crippen molar-refractivity contribution in [2.24, 2.45) is 0 Å². The fourth-order valence-electron chi connectivity index (χ4n) is 0.805. The third-order valence-corrected chi connectivity index (χ3v) is 1.81. The lowest BCUT2D eigenvalue weighted by Gasteiger charge is -2.06. The van der Waals surface area contributed by atoms with Crippen molar-refractivity contribution in [3.05, 3.63) is 28.5 Å². The van der Waals surface area contributed by atoms with E-state index < -0.39 is 11.7 Å². The topological polar surface area (TPSA) is 40.5 Å². The molecule has 0 aliphatic heterocycles. The van der Waals surface area contributed by atoms with Crippen LogP contribution >= 0.6 is 11.6 Å². The molecule has 0 atom stereocenters. The maximum atomic E-state index is 12.1. The van der Waals surface area contributed by atoms with Crippen molar-refractivity contribution in [2.75, 3.05) is 0 Å². The Morgan fingerprint density at radius 1 is 1.46 bits per heavy atom. The zero-order chi connectivity index (χ0) is 10.1. The van der Waals surface area contributed by atoms with E-state index in [1.807, 2.05) is 0 Å². The van der Waals surface area contributed by atoms with Crippen molar-refractivity contribution < 1.29 is 18.9 Å². The first-order valence-electron chi connectivity index (χ1n) is 3.46. The molecule has 13 heavy (non-hydrogen) atoms. The summed E-state index contributed by atoms with van der Waals surface area (Å²) in [6, 6.07) is 0.856. The van der Waals surface area contributed by atoms with Crippen molar-refractivity contribution in [2.45, 2.75) is 12.7 Å². The van der Waals surface area contributed by atoms with E-state index in [9.17, 15) is 13.2 Å². The summed E-state index contributed by atoms with van der Waals surface area (Å²) >= 11 is 5.53. The second-order valence-electron chi connectivity index (χ2n) is 2.40. The summed E-state index contributed by atoms with van der Waals surface area (Å²) in [5.74, 6) is 0. The van der Waals surface area contributed by atoms with Gasteiger partial charge in [-0.1, -0.05) is 11.6 Å². The monoisotopic (exact) mass is 211 g/mol. The molecule has 6 heteroatoms. The van der Waals surface area contributed by atoms with Gasteiger partial charge in [-0.25, -0.2) is 0 Å². The lowest BCUT2D eigenvalue weighted by molar-refractivity contribution is -0.387. The third-order valence-electron chi connectivity index (χ3n) is 1.48. The zero-order valence-electron chi connectivity index (χ0n) is 6.53. The van der Waals surface area contributed by atoms with Crippen molar-refractivity contribution >= 4 is 11.6 Å². The average molecular weight is 212 g/mol. The van der Waals surface area contributed by atoms with Gasteiger partial charge in [-0.05, 0) is 6.07 Å². The number of pyridine rings is 1. The van der Waals surface area contributed by atoms with Crippen LogP contribution in [0.25, 0.3) is 0 Å². The van der Waals surface area contributed by atoms with Crippen LogP contribution in [0, 0.1) is 0 Å². The normalized spacial score (nSPS) is 11.8. The van der Waals surface area contributed by atoms with Crippen LogP contribution in [0.4, 0.5) is 13.2 Å². The quantitative estimate of drug-likeness (QED) is 0.751. The van der Waals surface area contributed by atoms with E-state index in [1.54, 1.807) is 0 Å². The van der Waals surface area contributed by atoms with E-state index in [0.717, 1.165) is 12.3 Å². The number of nitrogens with zero attached hydrogens (tertiary/aromatic N) is 1. The highest BCUT2D eigenvalue weighted by atomic mass is 35.5. The van der Waals surface area contributed by atoms with Crippen LogP contribution in [-0.2, 0) is 12.7 Å². The molecule has 1 aromatic rings. The van der Waals surface area contributed by atoms with Gasteiger partial charge in [0.2, 0.25) is 0 Å². The number of halogens is 4. The maximum absolute atomic E-state index is 12.1. The lowest BCUT2D eigenvalue weighted by Crippen LogP contribution is -2.48. The molecule has 1 rings (SSSR count). The number of quaternary nitrogens is 1. The van der Waals surface area contributed by atoms with Gasteiger partial charge in [-0.2, -0.15) is 13.2 Å². The first-order chi connectivity index (χ1) is 5.95. The number of hydrogen-bond acceptors (Lipinski definition) is 1. The minimum atomic E-state index is -4.39. The van der Waals surface area contributed by atoms with Gasteiger partial charge >= 0.3 is 6.18 Å². The smallest absolute Gasteiger partial charge is 0.352 e. The minimum Gasteiger partial charge on any atom is -0.352 e. The molecule has 1 aromatic heterocycles. The summed E-state index contributed by atoms with van der Waals surface area (Å²) in [4.78, 5) is 3.55. The molecule has 1 heterocycles. The van der Waals surface area contributed by atoms with Gasteiger partial charge in [0.15, 0.2) is 0 Å². The van der Waals surface area contributed by atoms with E-state index >= 15 is 0 Å². The molecule has 0 aliphatic rings. The Morgan fingerprint density at radius 2 is 2.08 bits per heavy atom. The second kappa shape index (κ2) is 3.51. The maximum Gasteiger partial charge on any atom is 0.417 e. The average Bonchev–Trinajstić information content (AvgIpc) is 2.02. The second-order valence-corrected chi connectivity index (χ2v) is 2.81. The molecule has 0 aromatic carbocycles. The van der Waals surface area contributed by atoms with E-state index in [0.29, 0.717) is 5.69 Å². The minimum absolute atomic E-state index is 0.00447. The largest absolute Gasteiger partial charge is 0.417 e. The van der Waals surface area contributed by atoms with Crippen molar-refractivity contribution in [1.82, 2.24) is 4.98 Å². The molecule has 0 amide bonds. The third kappa shape index (κ3) is 2.32. The summed E-state index contributed by atoms with van der Waals surface area (Å²) in [5, 5.41) is 0.00447. The lowest BCUT2D eigenvalue weighted by atomic mass is 10.2. The Morgan fingerprint density at radius 3 is 2.46 bits per heavy atom. The molecule has 0 radical (unpaired) electrons. The van der Waals surface area contributed by atoms with Crippen LogP contribution in [0.5, 0.6) is 0 Å². The predicted molar refractivity (Wildman–Crippen MR) is 40.8 cm³/mol. The molecule has 72 valence electrons. The van der Waals surface area contributed by atoms with Crippen LogP contribution in [0.2, 0.25) is 5.02 Å². The molecular formula is C7H7ClF3N2+. The Hall–Kier alpha value is -0.810. The van der Waals surface area contributed by atoms with Crippen molar-refractivity contribution in [1.29, 1.82) is 0 Å². The molecular weight excluding hydrogens is 205 g/mol. The van der Waals surface area contributed by atoms with Gasteiger partial charge in [0.25, 0.3) is 0 Å². The number of aromatic nitrogens is 1. The van der Waals surface area contributed by atoms with E-state index in [1.165, 1.54) is 0 Å². The Labute approximate surface area is 77.5 Å². The SMILES string of the molecule is [NH3+]Cc1ncc(C(F)(F)F)cc1Cl. The highest BCUT2D eigenvalue weighted by molar-refractivity contribution is 6.31. The Kier molecular flexibility index (Phi) is 2.77. The first-order valence-corrected chi connectivity index (χ1v) is 3.84. The summed E-state index contributed by atoms with van der Waals surface area (Å²) < 4.78 is 36.3. The van der Waals surface area contributed by atoms with Gasteiger partial charge in [0.05, 0.1) is 10.6 Å². The molecule has 0 unspecified atom stereocenters. The molecule has 3 N–H and O–H groups in total. The summed E-state index contributed by atoms with van der Waals surface area (Å²) in [6.07, 6.45) is -3.64. The standard InChI is InChI=1S/C7H6ClF3N2/c8-5-1-4(7(9,10)11)3-13-6(5)2-12/h1,3H,2,12H2/p+1. The molecule has 0 bridgehead atoms. The van der Waals surface area contributed by atoms with Crippen molar-refractivity contribution in [3.63, 3.8) is 0 Å². The van der Waals surface area contributed by atoms with Crippen molar-refractivity contribution in [3.8, 4) is 0 Å². The Bertz CT molecular complexity index is 311. The van der Waals surface area contributed by atoms with Crippen LogP contribution < -0.4 is 5.73 Å². The highest BCUT2D eigenvalue weighted by Crippen LogP contribution is 2.30. The van der Waals surface area contributed by atoms with Gasteiger partial charge in [-0.15, -0.1) is 0 Å². The summed E-state index contributed by atoms with van der Waals surface area (Å²) in [5.41, 5.74) is 3.01. The fraction of sp³-hybridized carbons (Fsp3) is 0.286. The zero-order valence-corrected chi connectivity index (χ0v) is 7.28. The highest BCUT2D eigenvalue weighted by Gasteiger charge is 2.31. The number of hydrogen-bond donors (Lipinski definition) is 1. The van der Waals surface area contributed by atoms with Crippen LogP contribution in [0.3, 0.4) is 0 Å².